The van der Waals surface area contributed by atoms with Crippen LogP contribution in [0.2, 0.25) is 5.02 Å². The van der Waals surface area contributed by atoms with Crippen molar-refractivity contribution < 1.29 is 9.53 Å². The van der Waals surface area contributed by atoms with Gasteiger partial charge in [0.2, 0.25) is 11.1 Å². The first-order valence-electron chi connectivity index (χ1n) is 8.35. The van der Waals surface area contributed by atoms with Gasteiger partial charge in [0.1, 0.15) is 12.4 Å². The van der Waals surface area contributed by atoms with E-state index in [9.17, 15) is 4.79 Å². The highest BCUT2D eigenvalue weighted by Crippen LogP contribution is 2.19. The number of rotatable bonds is 8. The third-order valence-electron chi connectivity index (χ3n) is 3.77. The molecule has 3 aromatic rings. The number of ether oxygens (including phenoxy) is 1. The molecule has 0 aliphatic heterocycles. The summed E-state index contributed by atoms with van der Waals surface area (Å²) in [6, 6.07) is 16.9. The molecule has 8 heteroatoms. The summed E-state index contributed by atoms with van der Waals surface area (Å²) in [4.78, 5) is 18.3. The summed E-state index contributed by atoms with van der Waals surface area (Å²) in [6.45, 7) is 0.901. The van der Waals surface area contributed by atoms with Gasteiger partial charge in [-0.2, -0.15) is 0 Å². The molecule has 0 aliphatic carbocycles. The molecule has 0 saturated heterocycles. The lowest BCUT2D eigenvalue weighted by Gasteiger charge is -2.17. The lowest BCUT2D eigenvalue weighted by Crippen LogP contribution is -2.32. The van der Waals surface area contributed by atoms with Gasteiger partial charge in [0, 0.05) is 17.6 Å². The van der Waals surface area contributed by atoms with Gasteiger partial charge in [-0.15, -0.1) is 5.10 Å². The topological polar surface area (TPSA) is 71.1 Å². The fraction of sp³-hybridized carbons (Fsp3) is 0.211. The third-order valence-corrected chi connectivity index (χ3v) is 4.86. The van der Waals surface area contributed by atoms with Crippen molar-refractivity contribution in [1.29, 1.82) is 0 Å². The highest BCUT2D eigenvalue weighted by molar-refractivity contribution is 7.99. The van der Waals surface area contributed by atoms with E-state index >= 15 is 0 Å². The SMILES string of the molecule is CN(CCOc1ccc(Cl)cc1)C(=O)CSc1n[nH]c(-c2ccccc2)n1. The molecule has 0 unspecified atom stereocenters. The summed E-state index contributed by atoms with van der Waals surface area (Å²) in [5.74, 6) is 1.67. The lowest BCUT2D eigenvalue weighted by atomic mass is 10.2. The Kier molecular flexibility index (Phi) is 6.73. The predicted octanol–water partition coefficient (Wildman–Crippen LogP) is 3.75. The highest BCUT2D eigenvalue weighted by atomic mass is 35.5. The summed E-state index contributed by atoms with van der Waals surface area (Å²) < 4.78 is 5.61. The van der Waals surface area contributed by atoms with E-state index in [0.29, 0.717) is 29.2 Å². The average molecular weight is 403 g/mol. The second-order valence-corrected chi connectivity index (χ2v) is 7.12. The van der Waals surface area contributed by atoms with Crippen LogP contribution in [0.3, 0.4) is 0 Å². The van der Waals surface area contributed by atoms with Crippen LogP contribution in [0.15, 0.2) is 59.8 Å². The first kappa shape index (κ1) is 19.3. The Morgan fingerprint density at radius 1 is 1.19 bits per heavy atom. The number of aromatic nitrogens is 3. The van der Waals surface area contributed by atoms with Crippen LogP contribution in [0.5, 0.6) is 5.75 Å². The van der Waals surface area contributed by atoms with Crippen LogP contribution in [-0.4, -0.2) is 51.9 Å². The number of H-pyrrole nitrogens is 1. The molecule has 1 heterocycles. The van der Waals surface area contributed by atoms with Gasteiger partial charge in [0.05, 0.1) is 12.3 Å². The number of hydrogen-bond acceptors (Lipinski definition) is 5. The molecular weight excluding hydrogens is 384 g/mol. The Labute approximate surface area is 166 Å². The number of carbonyl (C=O) groups excluding carboxylic acids is 1. The quantitative estimate of drug-likeness (QED) is 0.581. The Morgan fingerprint density at radius 3 is 2.67 bits per heavy atom. The first-order chi connectivity index (χ1) is 13.1. The first-order valence-corrected chi connectivity index (χ1v) is 9.71. The Balaban J connectivity index is 1.42. The van der Waals surface area contributed by atoms with E-state index in [1.54, 1.807) is 36.2 Å². The third kappa shape index (κ3) is 5.74. The molecule has 0 fully saturated rings. The zero-order valence-electron chi connectivity index (χ0n) is 14.8. The normalized spacial score (nSPS) is 10.6. The molecule has 0 atom stereocenters. The van der Waals surface area contributed by atoms with Crippen molar-refractivity contribution in [2.45, 2.75) is 5.16 Å². The summed E-state index contributed by atoms with van der Waals surface area (Å²) in [5, 5.41) is 8.26. The number of aromatic amines is 1. The number of carbonyl (C=O) groups is 1. The van der Waals surface area contributed by atoms with Gasteiger partial charge in [-0.05, 0) is 24.3 Å². The largest absolute Gasteiger partial charge is 0.492 e. The lowest BCUT2D eigenvalue weighted by molar-refractivity contribution is -0.127. The number of benzene rings is 2. The fourth-order valence-corrected chi connectivity index (χ4v) is 3.09. The average Bonchev–Trinajstić information content (AvgIpc) is 3.17. The standard InChI is InChI=1S/C19H19ClN4O2S/c1-24(11-12-26-16-9-7-15(20)8-10-16)17(25)13-27-19-21-18(22-23-19)14-5-3-2-4-6-14/h2-10H,11-13H2,1H3,(H,21,22,23). The van der Waals surface area contributed by atoms with Crippen LogP contribution in [0.25, 0.3) is 11.4 Å². The highest BCUT2D eigenvalue weighted by Gasteiger charge is 2.12. The van der Waals surface area contributed by atoms with E-state index in [4.69, 9.17) is 16.3 Å². The molecule has 2 aromatic carbocycles. The summed E-state index contributed by atoms with van der Waals surface area (Å²) >= 11 is 7.14. The number of thioether (sulfide) groups is 1. The van der Waals surface area contributed by atoms with E-state index < -0.39 is 0 Å². The number of nitrogens with zero attached hydrogens (tertiary/aromatic N) is 3. The van der Waals surface area contributed by atoms with E-state index in [0.717, 1.165) is 11.3 Å². The zero-order valence-corrected chi connectivity index (χ0v) is 16.3. The molecule has 1 aromatic heterocycles. The minimum Gasteiger partial charge on any atom is -0.492 e. The van der Waals surface area contributed by atoms with Crippen LogP contribution in [0, 0.1) is 0 Å². The maximum atomic E-state index is 12.2. The van der Waals surface area contributed by atoms with Gasteiger partial charge >= 0.3 is 0 Å². The van der Waals surface area contributed by atoms with E-state index in [1.807, 2.05) is 30.3 Å². The van der Waals surface area contributed by atoms with Crippen molar-refractivity contribution in [3.05, 3.63) is 59.6 Å². The van der Waals surface area contributed by atoms with Crippen LogP contribution in [0.4, 0.5) is 0 Å². The van der Waals surface area contributed by atoms with Crippen molar-refractivity contribution >= 4 is 29.3 Å². The van der Waals surface area contributed by atoms with Gasteiger partial charge in [0.25, 0.3) is 0 Å². The molecule has 1 amide bonds. The maximum Gasteiger partial charge on any atom is 0.232 e. The molecule has 6 nitrogen and oxygen atoms in total. The summed E-state index contributed by atoms with van der Waals surface area (Å²) in [6.07, 6.45) is 0. The Bertz CT molecular complexity index is 871. The fourth-order valence-electron chi connectivity index (χ4n) is 2.23. The Morgan fingerprint density at radius 2 is 1.93 bits per heavy atom. The number of amides is 1. The molecule has 0 aliphatic rings. The van der Waals surface area contributed by atoms with Crippen molar-refractivity contribution in [3.63, 3.8) is 0 Å². The molecule has 0 saturated carbocycles. The molecule has 3 rings (SSSR count). The predicted molar refractivity (Wildman–Crippen MR) is 107 cm³/mol. The van der Waals surface area contributed by atoms with Crippen LogP contribution >= 0.6 is 23.4 Å². The van der Waals surface area contributed by atoms with Gasteiger partial charge in [-0.1, -0.05) is 53.7 Å². The van der Waals surface area contributed by atoms with E-state index in [1.165, 1.54) is 11.8 Å². The Hall–Kier alpha value is -2.51. The molecule has 140 valence electrons. The second kappa shape index (κ2) is 9.43. The van der Waals surface area contributed by atoms with Crippen LogP contribution in [0.1, 0.15) is 0 Å². The summed E-state index contributed by atoms with van der Waals surface area (Å²) in [5.41, 5.74) is 0.958. The number of likely N-dealkylation sites (N-methyl/N-ethyl adjacent to an activating group) is 1. The zero-order chi connectivity index (χ0) is 19.1. The van der Waals surface area contributed by atoms with Gasteiger partial charge in [-0.3, -0.25) is 9.89 Å². The van der Waals surface area contributed by atoms with Crippen molar-refractivity contribution in [2.75, 3.05) is 26.0 Å². The monoisotopic (exact) mass is 402 g/mol. The number of halogens is 1. The van der Waals surface area contributed by atoms with Crippen molar-refractivity contribution in [3.8, 4) is 17.1 Å². The van der Waals surface area contributed by atoms with Crippen LogP contribution < -0.4 is 4.74 Å². The van der Waals surface area contributed by atoms with Gasteiger partial charge in [-0.25, -0.2) is 4.98 Å². The summed E-state index contributed by atoms with van der Waals surface area (Å²) in [7, 11) is 1.75. The van der Waals surface area contributed by atoms with Crippen molar-refractivity contribution in [1.82, 2.24) is 20.1 Å². The maximum absolute atomic E-state index is 12.2. The van der Waals surface area contributed by atoms with Gasteiger partial charge in [0.15, 0.2) is 5.82 Å². The minimum absolute atomic E-state index is 0.00855. The smallest absolute Gasteiger partial charge is 0.232 e. The second-order valence-electron chi connectivity index (χ2n) is 5.74. The molecular formula is C19H19ClN4O2S. The van der Waals surface area contributed by atoms with E-state index in [2.05, 4.69) is 15.2 Å². The van der Waals surface area contributed by atoms with Crippen molar-refractivity contribution in [2.24, 2.45) is 0 Å². The molecule has 1 N–H and O–H groups in total. The minimum atomic E-state index is -0.00855. The van der Waals surface area contributed by atoms with Crippen LogP contribution in [-0.2, 0) is 4.79 Å². The van der Waals surface area contributed by atoms with E-state index in [-0.39, 0.29) is 11.7 Å². The molecule has 0 spiro atoms. The molecule has 0 bridgehead atoms. The number of hydrogen-bond donors (Lipinski definition) is 1. The molecule has 27 heavy (non-hydrogen) atoms. The molecule has 0 radical (unpaired) electrons. The number of nitrogens with one attached hydrogen (secondary N) is 1. The van der Waals surface area contributed by atoms with Gasteiger partial charge < -0.3 is 9.64 Å².